The molecule has 1 saturated heterocycles. The first kappa shape index (κ1) is 21.4. The third-order valence-electron chi connectivity index (χ3n) is 4.76. The second-order valence-corrected chi connectivity index (χ2v) is 8.20. The number of benzene rings is 2. The molecule has 1 aromatic heterocycles. The van der Waals surface area contributed by atoms with E-state index >= 15 is 0 Å². The highest BCUT2D eigenvalue weighted by atomic mass is 79.9. The first-order valence-electron chi connectivity index (χ1n) is 9.60. The average Bonchev–Trinajstić information content (AvgIpc) is 3.24. The summed E-state index contributed by atoms with van der Waals surface area (Å²) in [5.41, 5.74) is 4.62. The van der Waals surface area contributed by atoms with E-state index in [1.54, 1.807) is 22.9 Å². The van der Waals surface area contributed by atoms with E-state index in [-0.39, 0.29) is 5.69 Å². The third kappa shape index (κ3) is 5.07. The maximum absolute atomic E-state index is 12.6. The zero-order valence-electron chi connectivity index (χ0n) is 16.3. The number of nitrogens with zero attached hydrogens (tertiary/aromatic N) is 3. The Morgan fingerprint density at radius 2 is 1.74 bits per heavy atom. The summed E-state index contributed by atoms with van der Waals surface area (Å²) < 4.78 is 2.58. The van der Waals surface area contributed by atoms with Crippen molar-refractivity contribution in [3.63, 3.8) is 0 Å². The van der Waals surface area contributed by atoms with Crippen LogP contribution in [0.5, 0.6) is 0 Å². The van der Waals surface area contributed by atoms with Gasteiger partial charge in [0.1, 0.15) is 0 Å². The van der Waals surface area contributed by atoms with Crippen LogP contribution >= 0.6 is 27.5 Å². The Labute approximate surface area is 192 Å². The van der Waals surface area contributed by atoms with E-state index in [1.165, 1.54) is 4.90 Å². The molecule has 0 radical (unpaired) electrons. The molecule has 0 aliphatic carbocycles. The van der Waals surface area contributed by atoms with Gasteiger partial charge in [0.15, 0.2) is 5.69 Å². The lowest BCUT2D eigenvalue weighted by Gasteiger charge is -2.25. The van der Waals surface area contributed by atoms with Crippen molar-refractivity contribution in [3.8, 4) is 16.9 Å². The summed E-state index contributed by atoms with van der Waals surface area (Å²) in [5.74, 6) is -0.616. The molecule has 0 atom stereocenters. The van der Waals surface area contributed by atoms with E-state index < -0.39 is 12.0 Å². The predicted molar refractivity (Wildman–Crippen MR) is 120 cm³/mol. The minimum Gasteiger partial charge on any atom is -0.321 e. The Balaban J connectivity index is 1.58. The molecule has 3 aromatic rings. The molecule has 0 saturated carbocycles. The number of carbonyl (C=O) groups excluding carboxylic acids is 2. The number of rotatable bonds is 3. The number of carbonyl (C=O) groups is 2. The molecular weight excluding hydrogens is 486 g/mol. The second kappa shape index (κ2) is 9.51. The number of aromatic nitrogens is 2. The van der Waals surface area contributed by atoms with Gasteiger partial charge in [-0.15, -0.1) is 0 Å². The van der Waals surface area contributed by atoms with Crippen molar-refractivity contribution in [2.75, 3.05) is 26.2 Å². The molecule has 2 heterocycles. The van der Waals surface area contributed by atoms with Crippen molar-refractivity contribution >= 4 is 39.5 Å². The Bertz CT molecular complexity index is 1020. The molecule has 0 unspecified atom stereocenters. The van der Waals surface area contributed by atoms with Gasteiger partial charge >= 0.3 is 12.0 Å². The minimum atomic E-state index is -0.616. The topological polar surface area (TPSA) is 88.5 Å². The van der Waals surface area contributed by atoms with Crippen LogP contribution in [0.15, 0.2) is 59.1 Å². The zero-order valence-corrected chi connectivity index (χ0v) is 18.7. The molecule has 160 valence electrons. The monoisotopic (exact) mass is 503 g/mol. The van der Waals surface area contributed by atoms with Crippen LogP contribution in [0.25, 0.3) is 16.9 Å². The van der Waals surface area contributed by atoms with Gasteiger partial charge in [-0.1, -0.05) is 39.7 Å². The number of hydrogen-bond acceptors (Lipinski definition) is 5. The van der Waals surface area contributed by atoms with E-state index in [2.05, 4.69) is 31.8 Å². The van der Waals surface area contributed by atoms with Gasteiger partial charge < -0.3 is 15.1 Å². The van der Waals surface area contributed by atoms with Crippen molar-refractivity contribution < 1.29 is 14.4 Å². The Morgan fingerprint density at radius 1 is 1.06 bits per heavy atom. The van der Waals surface area contributed by atoms with Crippen LogP contribution in [0.3, 0.4) is 0 Å². The Hall–Kier alpha value is -2.88. The van der Waals surface area contributed by atoms with Crippen molar-refractivity contribution in [2.45, 2.75) is 0 Å². The van der Waals surface area contributed by atoms with Crippen LogP contribution in [0.4, 0.5) is 4.79 Å². The summed E-state index contributed by atoms with van der Waals surface area (Å²) >= 11 is 9.44. The molecule has 0 spiro atoms. The SMILES string of the molecule is O=C(NOC(=O)N1CCNCC1)c1cc(-c2ccc(Br)cc2)n(-c2ccc(Cl)cc2)n1. The number of hydrogen-bond donors (Lipinski definition) is 2. The lowest BCUT2D eigenvalue weighted by molar-refractivity contribution is 0.0400. The molecule has 10 heteroatoms. The quantitative estimate of drug-likeness (QED) is 0.532. The minimum absolute atomic E-state index is 0.112. The lowest BCUT2D eigenvalue weighted by Crippen LogP contribution is -2.48. The summed E-state index contributed by atoms with van der Waals surface area (Å²) in [6.45, 7) is 2.41. The molecule has 1 aliphatic rings. The predicted octanol–water partition coefficient (Wildman–Crippen LogP) is 3.64. The fourth-order valence-electron chi connectivity index (χ4n) is 3.15. The molecule has 8 nitrogen and oxygen atoms in total. The van der Waals surface area contributed by atoms with E-state index in [0.29, 0.717) is 36.9 Å². The summed E-state index contributed by atoms with van der Waals surface area (Å²) in [7, 11) is 0. The average molecular weight is 505 g/mol. The van der Waals surface area contributed by atoms with Crippen LogP contribution in [-0.2, 0) is 4.84 Å². The lowest BCUT2D eigenvalue weighted by atomic mass is 10.1. The van der Waals surface area contributed by atoms with Gasteiger partial charge in [0.2, 0.25) is 0 Å². The molecule has 4 rings (SSSR count). The normalized spacial score (nSPS) is 13.7. The summed E-state index contributed by atoms with van der Waals surface area (Å²) in [4.78, 5) is 31.3. The Kier molecular flexibility index (Phi) is 6.55. The maximum atomic E-state index is 12.6. The van der Waals surface area contributed by atoms with E-state index in [9.17, 15) is 9.59 Å². The summed E-state index contributed by atoms with van der Waals surface area (Å²) in [6, 6.07) is 16.4. The molecule has 2 aromatic carbocycles. The Morgan fingerprint density at radius 3 is 2.42 bits per heavy atom. The second-order valence-electron chi connectivity index (χ2n) is 6.85. The van der Waals surface area contributed by atoms with Crippen molar-refractivity contribution in [1.82, 2.24) is 25.5 Å². The number of nitrogens with one attached hydrogen (secondary N) is 2. The standard InChI is InChI=1S/C21H19BrClN5O3/c22-15-3-1-14(2-4-15)19-13-18(25-28(19)17-7-5-16(23)6-8-17)20(29)26-31-21(30)27-11-9-24-10-12-27/h1-8,13,24H,9-12H2,(H,26,29). The molecular formula is C21H19BrClN5O3. The number of piperazine rings is 1. The van der Waals surface area contributed by atoms with E-state index in [0.717, 1.165) is 15.7 Å². The van der Waals surface area contributed by atoms with Crippen LogP contribution in [0.2, 0.25) is 5.02 Å². The molecule has 2 N–H and O–H groups in total. The van der Waals surface area contributed by atoms with Crippen molar-refractivity contribution in [1.29, 1.82) is 0 Å². The van der Waals surface area contributed by atoms with E-state index in [4.69, 9.17) is 16.4 Å². The fourth-order valence-corrected chi connectivity index (χ4v) is 3.54. The van der Waals surface area contributed by atoms with Crippen LogP contribution in [-0.4, -0.2) is 52.9 Å². The van der Waals surface area contributed by atoms with E-state index in [1.807, 2.05) is 36.4 Å². The third-order valence-corrected chi connectivity index (χ3v) is 5.54. The van der Waals surface area contributed by atoms with Crippen LogP contribution < -0.4 is 10.8 Å². The molecule has 1 aliphatic heterocycles. The van der Waals surface area contributed by atoms with Crippen molar-refractivity contribution in [2.24, 2.45) is 0 Å². The maximum Gasteiger partial charge on any atom is 0.434 e. The first-order valence-corrected chi connectivity index (χ1v) is 10.8. The highest BCUT2D eigenvalue weighted by Crippen LogP contribution is 2.26. The first-order chi connectivity index (χ1) is 15.0. The molecule has 1 fully saturated rings. The highest BCUT2D eigenvalue weighted by molar-refractivity contribution is 9.10. The van der Waals surface area contributed by atoms with Gasteiger partial charge in [-0.2, -0.15) is 10.6 Å². The number of hydroxylamine groups is 1. The smallest absolute Gasteiger partial charge is 0.321 e. The zero-order chi connectivity index (χ0) is 21.8. The van der Waals surface area contributed by atoms with Gasteiger partial charge in [0.25, 0.3) is 0 Å². The van der Waals surface area contributed by atoms with Gasteiger partial charge in [-0.05, 0) is 42.5 Å². The summed E-state index contributed by atoms with van der Waals surface area (Å²) in [6.07, 6.45) is -0.597. The number of halogens is 2. The van der Waals surface area contributed by atoms with Crippen molar-refractivity contribution in [3.05, 3.63) is 69.8 Å². The van der Waals surface area contributed by atoms with Crippen LogP contribution in [0.1, 0.15) is 10.5 Å². The van der Waals surface area contributed by atoms with Crippen LogP contribution in [0, 0.1) is 0 Å². The van der Waals surface area contributed by atoms with Gasteiger partial charge in [-0.25, -0.2) is 9.48 Å². The molecule has 31 heavy (non-hydrogen) atoms. The molecule has 2 amide bonds. The highest BCUT2D eigenvalue weighted by Gasteiger charge is 2.21. The van der Waals surface area contributed by atoms with Gasteiger partial charge in [0, 0.05) is 41.2 Å². The van der Waals surface area contributed by atoms with Gasteiger partial charge in [-0.3, -0.25) is 4.79 Å². The fraction of sp³-hybridized carbons (Fsp3) is 0.190. The largest absolute Gasteiger partial charge is 0.434 e. The summed E-state index contributed by atoms with van der Waals surface area (Å²) in [5, 5.41) is 8.18. The molecule has 0 bridgehead atoms. The van der Waals surface area contributed by atoms with Gasteiger partial charge in [0.05, 0.1) is 11.4 Å². The number of amides is 2.